The van der Waals surface area contributed by atoms with E-state index < -0.39 is 11.1 Å². The molecule has 1 N–H and O–H groups in total. The van der Waals surface area contributed by atoms with E-state index in [1.165, 1.54) is 5.06 Å². The average molecular weight is 263 g/mol. The van der Waals surface area contributed by atoms with Gasteiger partial charge < -0.3 is 9.94 Å². The molecule has 1 aromatic carbocycles. The van der Waals surface area contributed by atoms with Crippen molar-refractivity contribution in [2.45, 2.75) is 51.3 Å². The van der Waals surface area contributed by atoms with Gasteiger partial charge in [-0.1, -0.05) is 18.2 Å². The van der Waals surface area contributed by atoms with Crippen molar-refractivity contribution in [2.24, 2.45) is 0 Å². The molecule has 1 atom stereocenters. The molecule has 1 fully saturated rings. The van der Waals surface area contributed by atoms with E-state index in [-0.39, 0.29) is 12.1 Å². The van der Waals surface area contributed by atoms with Gasteiger partial charge in [0.15, 0.2) is 0 Å². The number of carbonyl (C=O) groups excluding carboxylic acids is 1. The lowest BCUT2D eigenvalue weighted by molar-refractivity contribution is -0.201. The second kappa shape index (κ2) is 4.62. The normalized spacial score (nSPS) is 25.2. The Morgan fingerprint density at radius 2 is 1.84 bits per heavy atom. The number of ether oxygens (including phenoxy) is 1. The molecule has 1 saturated heterocycles. The van der Waals surface area contributed by atoms with Crippen LogP contribution in [0.25, 0.3) is 0 Å². The van der Waals surface area contributed by atoms with Crippen molar-refractivity contribution in [3.05, 3.63) is 35.9 Å². The van der Waals surface area contributed by atoms with Gasteiger partial charge >= 0.3 is 5.97 Å². The molecule has 4 nitrogen and oxygen atoms in total. The Kier molecular flexibility index (Phi) is 3.41. The number of hydrogen-bond donors (Lipinski definition) is 1. The van der Waals surface area contributed by atoms with Crippen molar-refractivity contribution < 1.29 is 14.7 Å². The second-order valence-electron chi connectivity index (χ2n) is 6.24. The zero-order valence-corrected chi connectivity index (χ0v) is 11.9. The molecule has 1 aliphatic rings. The van der Waals surface area contributed by atoms with Gasteiger partial charge in [-0.3, -0.25) is 0 Å². The molecule has 1 unspecified atom stereocenters. The summed E-state index contributed by atoms with van der Waals surface area (Å²) in [5, 5.41) is 11.5. The molecule has 1 aromatic rings. The molecule has 19 heavy (non-hydrogen) atoms. The number of rotatable bonds is 2. The molecule has 0 amide bonds. The van der Waals surface area contributed by atoms with Crippen LogP contribution in [-0.4, -0.2) is 33.4 Å². The Bertz CT molecular complexity index is 468. The highest BCUT2D eigenvalue weighted by atomic mass is 16.6. The molecule has 0 spiro atoms. The van der Waals surface area contributed by atoms with Crippen LogP contribution >= 0.6 is 0 Å². The standard InChI is InChI=1S/C15H21NO3/c1-14(2)10-12(15(3,4)16(14)18)19-13(17)11-8-6-5-7-9-11/h5-9,12,18H,10H2,1-4H3. The van der Waals surface area contributed by atoms with Crippen molar-refractivity contribution in [1.29, 1.82) is 0 Å². The number of benzene rings is 1. The molecule has 0 radical (unpaired) electrons. The highest BCUT2D eigenvalue weighted by Crippen LogP contribution is 2.40. The highest BCUT2D eigenvalue weighted by molar-refractivity contribution is 5.89. The van der Waals surface area contributed by atoms with E-state index in [0.717, 1.165) is 0 Å². The van der Waals surface area contributed by atoms with Crippen molar-refractivity contribution in [2.75, 3.05) is 0 Å². The van der Waals surface area contributed by atoms with Crippen LogP contribution in [0.2, 0.25) is 0 Å². The lowest BCUT2D eigenvalue weighted by atomic mass is 9.97. The smallest absolute Gasteiger partial charge is 0.338 e. The lowest BCUT2D eigenvalue weighted by Gasteiger charge is -2.35. The zero-order valence-electron chi connectivity index (χ0n) is 11.9. The summed E-state index contributed by atoms with van der Waals surface area (Å²) in [6.45, 7) is 7.63. The lowest BCUT2D eigenvalue weighted by Crippen LogP contribution is -2.49. The van der Waals surface area contributed by atoms with Crippen LogP contribution in [0, 0.1) is 0 Å². The topological polar surface area (TPSA) is 49.8 Å². The number of hydrogen-bond acceptors (Lipinski definition) is 4. The Morgan fingerprint density at radius 1 is 1.26 bits per heavy atom. The third kappa shape index (κ3) is 2.51. The van der Waals surface area contributed by atoms with Crippen LogP contribution in [0.1, 0.15) is 44.5 Å². The fourth-order valence-corrected chi connectivity index (χ4v) is 2.66. The molecule has 0 saturated carbocycles. The van der Waals surface area contributed by atoms with E-state index in [1.807, 2.05) is 33.8 Å². The molecule has 4 heteroatoms. The molecule has 0 aromatic heterocycles. The van der Waals surface area contributed by atoms with Gasteiger partial charge in [-0.05, 0) is 39.8 Å². The Hall–Kier alpha value is -1.39. The quantitative estimate of drug-likeness (QED) is 0.834. The molecule has 0 aliphatic carbocycles. The predicted molar refractivity (Wildman–Crippen MR) is 72.0 cm³/mol. The minimum Gasteiger partial charge on any atom is -0.457 e. The van der Waals surface area contributed by atoms with Crippen molar-refractivity contribution in [1.82, 2.24) is 5.06 Å². The Balaban J connectivity index is 2.14. The van der Waals surface area contributed by atoms with Crippen molar-refractivity contribution in [3.8, 4) is 0 Å². The van der Waals surface area contributed by atoms with E-state index in [4.69, 9.17) is 4.74 Å². The average Bonchev–Trinajstić information content (AvgIpc) is 2.51. The van der Waals surface area contributed by atoms with E-state index >= 15 is 0 Å². The first kappa shape index (κ1) is 14.0. The Morgan fingerprint density at radius 3 is 2.32 bits per heavy atom. The molecule has 104 valence electrons. The minimum absolute atomic E-state index is 0.333. The van der Waals surface area contributed by atoms with Gasteiger partial charge in [0.05, 0.1) is 11.1 Å². The van der Waals surface area contributed by atoms with E-state index in [1.54, 1.807) is 24.3 Å². The van der Waals surface area contributed by atoms with Crippen LogP contribution < -0.4 is 0 Å². The maximum Gasteiger partial charge on any atom is 0.338 e. The van der Waals surface area contributed by atoms with Gasteiger partial charge in [0.25, 0.3) is 0 Å². The van der Waals surface area contributed by atoms with Gasteiger partial charge in [-0.15, -0.1) is 0 Å². The van der Waals surface area contributed by atoms with Gasteiger partial charge in [-0.25, -0.2) is 4.79 Å². The van der Waals surface area contributed by atoms with Gasteiger partial charge in [0.1, 0.15) is 6.10 Å². The predicted octanol–water partition coefficient (Wildman–Crippen LogP) is 2.86. The van der Waals surface area contributed by atoms with Crippen LogP contribution in [0.5, 0.6) is 0 Å². The molecular weight excluding hydrogens is 242 g/mol. The van der Waals surface area contributed by atoms with E-state index in [9.17, 15) is 10.0 Å². The SMILES string of the molecule is CC1(C)CC(OC(=O)c2ccccc2)C(C)(C)N1O. The third-order valence-corrected chi connectivity index (χ3v) is 3.85. The largest absolute Gasteiger partial charge is 0.457 e. The first-order valence-corrected chi connectivity index (χ1v) is 6.50. The van der Waals surface area contributed by atoms with Crippen molar-refractivity contribution >= 4 is 5.97 Å². The van der Waals surface area contributed by atoms with Gasteiger partial charge in [-0.2, -0.15) is 5.06 Å². The number of carbonyl (C=O) groups is 1. The summed E-state index contributed by atoms with van der Waals surface area (Å²) in [6.07, 6.45) is 0.273. The number of nitrogens with zero attached hydrogens (tertiary/aromatic N) is 1. The molecule has 1 aliphatic heterocycles. The third-order valence-electron chi connectivity index (χ3n) is 3.85. The fraction of sp³-hybridized carbons (Fsp3) is 0.533. The number of esters is 1. The molecule has 1 heterocycles. The molecule has 2 rings (SSSR count). The van der Waals surface area contributed by atoms with Crippen LogP contribution in [0.3, 0.4) is 0 Å². The monoisotopic (exact) mass is 263 g/mol. The highest BCUT2D eigenvalue weighted by Gasteiger charge is 2.53. The second-order valence-corrected chi connectivity index (χ2v) is 6.24. The number of hydroxylamine groups is 2. The summed E-state index contributed by atoms with van der Waals surface area (Å²) >= 11 is 0. The molecule has 0 bridgehead atoms. The first-order chi connectivity index (χ1) is 8.75. The summed E-state index contributed by atoms with van der Waals surface area (Å²) < 4.78 is 5.58. The zero-order chi connectivity index (χ0) is 14.3. The van der Waals surface area contributed by atoms with E-state index in [2.05, 4.69) is 0 Å². The fourth-order valence-electron chi connectivity index (χ4n) is 2.66. The maximum atomic E-state index is 12.1. The van der Waals surface area contributed by atoms with Crippen LogP contribution in [0.15, 0.2) is 30.3 Å². The first-order valence-electron chi connectivity index (χ1n) is 6.50. The van der Waals surface area contributed by atoms with Gasteiger partial charge in [0.2, 0.25) is 0 Å². The maximum absolute atomic E-state index is 12.1. The summed E-state index contributed by atoms with van der Waals surface area (Å²) in [5.41, 5.74) is -0.452. The summed E-state index contributed by atoms with van der Waals surface area (Å²) in [7, 11) is 0. The van der Waals surface area contributed by atoms with Crippen LogP contribution in [0.4, 0.5) is 0 Å². The van der Waals surface area contributed by atoms with Crippen LogP contribution in [-0.2, 0) is 4.74 Å². The summed E-state index contributed by atoms with van der Waals surface area (Å²) in [6, 6.07) is 8.92. The minimum atomic E-state index is -0.589. The Labute approximate surface area is 113 Å². The summed E-state index contributed by atoms with van der Waals surface area (Å²) in [5.74, 6) is -0.343. The summed E-state index contributed by atoms with van der Waals surface area (Å²) in [4.78, 5) is 12.1. The van der Waals surface area contributed by atoms with Gasteiger partial charge in [0, 0.05) is 12.0 Å². The molecular formula is C15H21NO3. The van der Waals surface area contributed by atoms with Crippen molar-refractivity contribution in [3.63, 3.8) is 0 Å². The van der Waals surface area contributed by atoms with E-state index in [0.29, 0.717) is 12.0 Å².